The Morgan fingerprint density at radius 2 is 1.72 bits per heavy atom. The Hall–Kier alpha value is -3.15. The Balaban J connectivity index is 1.30. The lowest BCUT2D eigenvalue weighted by Gasteiger charge is -2.06. The number of hydrazone groups is 1. The molecule has 0 unspecified atom stereocenters. The zero-order valence-corrected chi connectivity index (χ0v) is 17.0. The zero-order valence-electron chi connectivity index (χ0n) is 15.5. The van der Waals surface area contributed by atoms with Gasteiger partial charge >= 0.3 is 0 Å². The van der Waals surface area contributed by atoms with Gasteiger partial charge in [0.2, 0.25) is 5.13 Å². The molecule has 1 aromatic heterocycles. The lowest BCUT2D eigenvalue weighted by molar-refractivity contribution is 0.306. The molecule has 6 heteroatoms. The highest BCUT2D eigenvalue weighted by atomic mass is 35.5. The monoisotopic (exact) mass is 419 g/mol. The molecule has 0 spiro atoms. The highest BCUT2D eigenvalue weighted by Gasteiger charge is 2.03. The second-order valence-corrected chi connectivity index (χ2v) is 7.55. The van der Waals surface area contributed by atoms with Crippen molar-refractivity contribution in [1.82, 2.24) is 4.98 Å². The fourth-order valence-electron chi connectivity index (χ4n) is 2.63. The number of rotatable bonds is 7. The number of hydrogen-bond donors (Lipinski definition) is 1. The van der Waals surface area contributed by atoms with Crippen LogP contribution in [0.3, 0.4) is 0 Å². The maximum Gasteiger partial charge on any atom is 0.203 e. The molecule has 0 saturated heterocycles. The van der Waals surface area contributed by atoms with Gasteiger partial charge in [-0.15, -0.1) is 11.3 Å². The molecule has 0 radical (unpaired) electrons. The van der Waals surface area contributed by atoms with E-state index >= 15 is 0 Å². The Labute approximate surface area is 178 Å². The average molecular weight is 420 g/mol. The predicted octanol–water partition coefficient (Wildman–Crippen LogP) is 6.49. The summed E-state index contributed by atoms with van der Waals surface area (Å²) in [5.41, 5.74) is 7.06. The topological polar surface area (TPSA) is 46.5 Å². The van der Waals surface area contributed by atoms with Crippen LogP contribution in [-0.4, -0.2) is 11.2 Å². The van der Waals surface area contributed by atoms with E-state index in [2.05, 4.69) is 15.5 Å². The van der Waals surface area contributed by atoms with Gasteiger partial charge in [-0.1, -0.05) is 54.1 Å². The van der Waals surface area contributed by atoms with Crippen LogP contribution in [0.1, 0.15) is 11.1 Å². The molecule has 0 fully saturated rings. The molecular formula is C23H18ClN3OS. The Bertz CT molecular complexity index is 1080. The molecule has 4 nitrogen and oxygen atoms in total. The molecule has 0 aliphatic heterocycles. The molecule has 0 saturated carbocycles. The van der Waals surface area contributed by atoms with Crippen LogP contribution in [0.15, 0.2) is 89.3 Å². The van der Waals surface area contributed by atoms with E-state index < -0.39 is 0 Å². The summed E-state index contributed by atoms with van der Waals surface area (Å²) >= 11 is 7.42. The van der Waals surface area contributed by atoms with Crippen molar-refractivity contribution in [2.75, 3.05) is 5.43 Å². The average Bonchev–Trinajstić information content (AvgIpc) is 3.24. The number of nitrogens with one attached hydrogen (secondary N) is 1. The largest absolute Gasteiger partial charge is 0.489 e. The first kappa shape index (κ1) is 19.2. The number of hydrogen-bond acceptors (Lipinski definition) is 5. The van der Waals surface area contributed by atoms with Gasteiger partial charge in [0, 0.05) is 16.0 Å². The van der Waals surface area contributed by atoms with Crippen LogP contribution in [0.5, 0.6) is 5.75 Å². The van der Waals surface area contributed by atoms with Crippen molar-refractivity contribution < 1.29 is 4.74 Å². The lowest BCUT2D eigenvalue weighted by Crippen LogP contribution is -1.95. The summed E-state index contributed by atoms with van der Waals surface area (Å²) in [4.78, 5) is 4.55. The van der Waals surface area contributed by atoms with Gasteiger partial charge in [-0.25, -0.2) is 4.98 Å². The van der Waals surface area contributed by atoms with E-state index in [4.69, 9.17) is 16.3 Å². The second-order valence-electron chi connectivity index (χ2n) is 6.26. The van der Waals surface area contributed by atoms with Crippen molar-refractivity contribution in [2.45, 2.75) is 6.61 Å². The van der Waals surface area contributed by atoms with Gasteiger partial charge < -0.3 is 4.74 Å². The van der Waals surface area contributed by atoms with Crippen molar-refractivity contribution in [1.29, 1.82) is 0 Å². The van der Waals surface area contributed by atoms with Gasteiger partial charge in [-0.2, -0.15) is 5.10 Å². The first-order chi connectivity index (χ1) is 14.3. The summed E-state index contributed by atoms with van der Waals surface area (Å²) in [5.74, 6) is 0.803. The van der Waals surface area contributed by atoms with E-state index in [1.54, 1.807) is 6.21 Å². The van der Waals surface area contributed by atoms with Crippen molar-refractivity contribution in [3.63, 3.8) is 0 Å². The summed E-state index contributed by atoms with van der Waals surface area (Å²) in [6.45, 7) is 0.500. The molecule has 29 heavy (non-hydrogen) atoms. The Morgan fingerprint density at radius 1 is 0.966 bits per heavy atom. The van der Waals surface area contributed by atoms with E-state index in [0.717, 1.165) is 38.3 Å². The predicted molar refractivity (Wildman–Crippen MR) is 121 cm³/mol. The lowest BCUT2D eigenvalue weighted by atomic mass is 10.2. The van der Waals surface area contributed by atoms with Crippen LogP contribution in [0.2, 0.25) is 5.02 Å². The van der Waals surface area contributed by atoms with E-state index in [-0.39, 0.29) is 0 Å². The molecule has 0 aliphatic carbocycles. The number of anilines is 1. The van der Waals surface area contributed by atoms with Crippen molar-refractivity contribution >= 4 is 34.3 Å². The number of benzene rings is 3. The molecule has 0 bridgehead atoms. The third-order valence-electron chi connectivity index (χ3n) is 4.15. The summed E-state index contributed by atoms with van der Waals surface area (Å²) in [6.07, 6.45) is 1.76. The summed E-state index contributed by atoms with van der Waals surface area (Å²) in [7, 11) is 0. The zero-order chi connectivity index (χ0) is 19.9. The van der Waals surface area contributed by atoms with Gasteiger partial charge in [0.05, 0.1) is 11.9 Å². The minimum Gasteiger partial charge on any atom is -0.489 e. The Kier molecular flexibility index (Phi) is 6.19. The maximum absolute atomic E-state index is 5.89. The maximum atomic E-state index is 5.89. The number of halogens is 1. The van der Waals surface area contributed by atoms with Crippen LogP contribution < -0.4 is 10.2 Å². The van der Waals surface area contributed by atoms with Crippen molar-refractivity contribution in [2.24, 2.45) is 5.10 Å². The van der Waals surface area contributed by atoms with Gasteiger partial charge in [-0.05, 0) is 47.5 Å². The van der Waals surface area contributed by atoms with Gasteiger partial charge in [0.15, 0.2) is 0 Å². The molecule has 144 valence electrons. The van der Waals surface area contributed by atoms with Crippen LogP contribution in [0, 0.1) is 0 Å². The second kappa shape index (κ2) is 9.37. The molecular weight excluding hydrogens is 402 g/mol. The SMILES string of the molecule is Clc1ccc(COc2ccc(/C=N\Nc3nc(-c4ccccc4)cs3)cc2)cc1. The van der Waals surface area contributed by atoms with Crippen LogP contribution in [0.25, 0.3) is 11.3 Å². The van der Waals surface area contributed by atoms with E-state index in [9.17, 15) is 0 Å². The van der Waals surface area contributed by atoms with Gasteiger partial charge in [0.1, 0.15) is 12.4 Å². The third kappa shape index (κ3) is 5.44. The highest BCUT2D eigenvalue weighted by molar-refractivity contribution is 7.14. The van der Waals surface area contributed by atoms with Crippen LogP contribution in [-0.2, 0) is 6.61 Å². The fourth-order valence-corrected chi connectivity index (χ4v) is 3.42. The molecule has 3 aromatic carbocycles. The first-order valence-corrected chi connectivity index (χ1v) is 10.3. The number of ether oxygens (including phenoxy) is 1. The molecule has 1 N–H and O–H groups in total. The van der Waals surface area contributed by atoms with Crippen molar-refractivity contribution in [3.05, 3.63) is 100 Å². The van der Waals surface area contributed by atoms with Crippen molar-refractivity contribution in [3.8, 4) is 17.0 Å². The highest BCUT2D eigenvalue weighted by Crippen LogP contribution is 2.24. The molecule has 4 aromatic rings. The Morgan fingerprint density at radius 3 is 2.48 bits per heavy atom. The molecule has 0 amide bonds. The smallest absolute Gasteiger partial charge is 0.203 e. The molecule has 0 atom stereocenters. The molecule has 0 aliphatic rings. The van der Waals surface area contributed by atoms with Crippen LogP contribution in [0.4, 0.5) is 5.13 Å². The molecule has 4 rings (SSSR count). The first-order valence-electron chi connectivity index (χ1n) is 9.03. The van der Waals surface area contributed by atoms with Gasteiger partial charge in [0.25, 0.3) is 0 Å². The summed E-state index contributed by atoms with van der Waals surface area (Å²) < 4.78 is 5.79. The van der Waals surface area contributed by atoms with Gasteiger partial charge in [-0.3, -0.25) is 5.43 Å². The third-order valence-corrected chi connectivity index (χ3v) is 5.15. The van der Waals surface area contributed by atoms with E-state index in [1.165, 1.54) is 11.3 Å². The van der Waals surface area contributed by atoms with Crippen LogP contribution >= 0.6 is 22.9 Å². The quantitative estimate of drug-likeness (QED) is 0.275. The standard InChI is InChI=1S/C23H18ClN3OS/c24-20-10-6-18(7-11-20)15-28-21-12-8-17(9-13-21)14-25-27-23-26-22(16-29-23)19-4-2-1-3-5-19/h1-14,16H,15H2,(H,26,27)/b25-14-. The summed E-state index contributed by atoms with van der Waals surface area (Å²) in [5, 5.41) is 7.76. The number of nitrogens with zero attached hydrogens (tertiary/aromatic N) is 2. The fraction of sp³-hybridized carbons (Fsp3) is 0.0435. The minimum atomic E-state index is 0.500. The van der Waals surface area contributed by atoms with E-state index in [1.807, 2.05) is 84.2 Å². The molecule has 1 heterocycles. The number of thiazole rings is 1. The normalized spacial score (nSPS) is 10.9. The van der Waals surface area contributed by atoms with E-state index in [0.29, 0.717) is 6.61 Å². The summed E-state index contributed by atoms with van der Waals surface area (Å²) in [6, 6.07) is 25.5. The number of aromatic nitrogens is 1. The minimum absolute atomic E-state index is 0.500.